The molecule has 5 nitrogen and oxygen atoms in total. The van der Waals surface area contributed by atoms with E-state index in [1.807, 2.05) is 32.9 Å². The van der Waals surface area contributed by atoms with Crippen molar-refractivity contribution in [2.24, 2.45) is 0 Å². The van der Waals surface area contributed by atoms with Crippen LogP contribution in [0, 0.1) is 0 Å². The zero-order valence-electron chi connectivity index (χ0n) is 13.6. The fourth-order valence-corrected chi connectivity index (χ4v) is 2.73. The second-order valence-corrected chi connectivity index (χ2v) is 6.70. The topological polar surface area (TPSA) is 45.9 Å². The first-order chi connectivity index (χ1) is 9.78. The van der Waals surface area contributed by atoms with Gasteiger partial charge in [-0.1, -0.05) is 0 Å². The molecular formula is C16H26N2O3. The lowest BCUT2D eigenvalue weighted by atomic mass is 10.1. The molecule has 118 valence electrons. The van der Waals surface area contributed by atoms with Crippen molar-refractivity contribution in [3.63, 3.8) is 0 Å². The Balaban J connectivity index is 1.94. The molecule has 0 aliphatic carbocycles. The van der Waals surface area contributed by atoms with Crippen LogP contribution in [0.3, 0.4) is 0 Å². The van der Waals surface area contributed by atoms with Crippen molar-refractivity contribution in [1.29, 1.82) is 0 Å². The molecule has 2 heterocycles. The molecule has 1 aromatic rings. The maximum Gasteiger partial charge on any atom is 0.410 e. The zero-order valence-corrected chi connectivity index (χ0v) is 13.6. The number of rotatable bonds is 2. The van der Waals surface area contributed by atoms with Gasteiger partial charge in [-0.05, 0) is 46.8 Å². The monoisotopic (exact) mass is 294 g/mol. The number of furan rings is 1. The van der Waals surface area contributed by atoms with Crippen LogP contribution in [0.5, 0.6) is 0 Å². The molecule has 1 fully saturated rings. The third kappa shape index (κ3) is 4.00. The second-order valence-electron chi connectivity index (χ2n) is 6.70. The molecule has 0 bridgehead atoms. The van der Waals surface area contributed by atoms with Crippen molar-refractivity contribution < 1.29 is 13.9 Å². The van der Waals surface area contributed by atoms with Crippen LogP contribution in [0.2, 0.25) is 0 Å². The predicted octanol–water partition coefficient (Wildman–Crippen LogP) is 3.28. The number of piperazine rings is 1. The Labute approximate surface area is 126 Å². The molecule has 2 rings (SSSR count). The van der Waals surface area contributed by atoms with Gasteiger partial charge >= 0.3 is 6.09 Å². The predicted molar refractivity (Wildman–Crippen MR) is 81.1 cm³/mol. The van der Waals surface area contributed by atoms with E-state index in [1.54, 1.807) is 11.2 Å². The summed E-state index contributed by atoms with van der Waals surface area (Å²) >= 11 is 0. The molecule has 2 atom stereocenters. The smallest absolute Gasteiger partial charge is 0.410 e. The Kier molecular flexibility index (Phi) is 4.61. The Bertz CT molecular complexity index is 464. The Hall–Kier alpha value is -1.49. The second kappa shape index (κ2) is 6.10. The van der Waals surface area contributed by atoms with Crippen molar-refractivity contribution in [3.05, 3.63) is 24.2 Å². The van der Waals surface area contributed by atoms with Crippen LogP contribution in [0.1, 0.15) is 46.4 Å². The van der Waals surface area contributed by atoms with Gasteiger partial charge < -0.3 is 14.1 Å². The summed E-state index contributed by atoms with van der Waals surface area (Å²) in [6.45, 7) is 12.1. The molecule has 0 radical (unpaired) electrons. The number of carbonyl (C=O) groups excluding carboxylic acids is 1. The minimum Gasteiger partial charge on any atom is -0.468 e. The molecule has 0 N–H and O–H groups in total. The molecule has 1 saturated heterocycles. The molecule has 1 aliphatic rings. The average molecular weight is 294 g/mol. The van der Waals surface area contributed by atoms with Gasteiger partial charge in [0.2, 0.25) is 0 Å². The number of amides is 1. The molecule has 1 aliphatic heterocycles. The summed E-state index contributed by atoms with van der Waals surface area (Å²) < 4.78 is 10.9. The first-order valence-electron chi connectivity index (χ1n) is 7.55. The van der Waals surface area contributed by atoms with Gasteiger partial charge in [-0.2, -0.15) is 0 Å². The summed E-state index contributed by atoms with van der Waals surface area (Å²) in [5, 5.41) is 0. The number of ether oxygens (including phenoxy) is 1. The highest BCUT2D eigenvalue weighted by atomic mass is 16.6. The normalized spacial score (nSPS) is 22.1. The first-order valence-corrected chi connectivity index (χ1v) is 7.55. The number of hydrogen-bond acceptors (Lipinski definition) is 4. The van der Waals surface area contributed by atoms with Crippen LogP contribution in [0.25, 0.3) is 0 Å². The van der Waals surface area contributed by atoms with Gasteiger partial charge in [0.25, 0.3) is 0 Å². The standard InChI is InChI=1S/C16H26N2O3/c1-12-11-17(15(19)21-16(3,4)5)8-9-18(12)13(2)14-7-6-10-20-14/h6-7,10,12-13H,8-9,11H2,1-5H3/t12-,13+/m0/s1. The lowest BCUT2D eigenvalue weighted by Crippen LogP contribution is -2.54. The summed E-state index contributed by atoms with van der Waals surface area (Å²) in [6.07, 6.45) is 1.48. The fourth-order valence-electron chi connectivity index (χ4n) is 2.73. The van der Waals surface area contributed by atoms with Crippen molar-refractivity contribution >= 4 is 6.09 Å². The van der Waals surface area contributed by atoms with Gasteiger partial charge in [-0.3, -0.25) is 4.90 Å². The van der Waals surface area contributed by atoms with Crippen LogP contribution < -0.4 is 0 Å². The SMILES string of the molecule is C[C@H](c1ccco1)N1CCN(C(=O)OC(C)(C)C)C[C@@H]1C. The van der Waals surface area contributed by atoms with Gasteiger partial charge in [0, 0.05) is 25.7 Å². The van der Waals surface area contributed by atoms with Crippen LogP contribution >= 0.6 is 0 Å². The van der Waals surface area contributed by atoms with E-state index in [4.69, 9.17) is 9.15 Å². The van der Waals surface area contributed by atoms with E-state index in [0.717, 1.165) is 12.3 Å². The van der Waals surface area contributed by atoms with Crippen LogP contribution in [-0.2, 0) is 4.74 Å². The molecular weight excluding hydrogens is 268 g/mol. The highest BCUT2D eigenvalue weighted by Crippen LogP contribution is 2.25. The summed E-state index contributed by atoms with van der Waals surface area (Å²) in [5.41, 5.74) is -0.446. The highest BCUT2D eigenvalue weighted by molar-refractivity contribution is 5.68. The van der Waals surface area contributed by atoms with E-state index in [1.165, 1.54) is 0 Å². The highest BCUT2D eigenvalue weighted by Gasteiger charge is 2.32. The lowest BCUT2D eigenvalue weighted by molar-refractivity contribution is -0.00238. The lowest BCUT2D eigenvalue weighted by Gasteiger charge is -2.42. The molecule has 0 saturated carbocycles. The quantitative estimate of drug-likeness (QED) is 0.839. The van der Waals surface area contributed by atoms with Crippen molar-refractivity contribution in [3.8, 4) is 0 Å². The maximum absolute atomic E-state index is 12.1. The number of hydrogen-bond donors (Lipinski definition) is 0. The Morgan fingerprint density at radius 2 is 2.14 bits per heavy atom. The molecule has 0 aromatic carbocycles. The molecule has 1 amide bonds. The van der Waals surface area contributed by atoms with E-state index >= 15 is 0 Å². The largest absolute Gasteiger partial charge is 0.468 e. The summed E-state index contributed by atoms with van der Waals surface area (Å²) in [7, 11) is 0. The summed E-state index contributed by atoms with van der Waals surface area (Å²) in [6, 6.07) is 4.40. The van der Waals surface area contributed by atoms with E-state index in [0.29, 0.717) is 13.1 Å². The molecule has 0 unspecified atom stereocenters. The minimum atomic E-state index is -0.446. The van der Waals surface area contributed by atoms with Gasteiger partial charge in [0.15, 0.2) is 0 Å². The van der Waals surface area contributed by atoms with E-state index in [2.05, 4.69) is 18.7 Å². The third-order valence-corrected chi connectivity index (χ3v) is 3.78. The van der Waals surface area contributed by atoms with Gasteiger partial charge in [-0.15, -0.1) is 0 Å². The summed E-state index contributed by atoms with van der Waals surface area (Å²) in [4.78, 5) is 16.3. The van der Waals surface area contributed by atoms with Crippen molar-refractivity contribution in [1.82, 2.24) is 9.80 Å². The molecule has 21 heavy (non-hydrogen) atoms. The van der Waals surface area contributed by atoms with E-state index in [-0.39, 0.29) is 18.2 Å². The number of carbonyl (C=O) groups is 1. The van der Waals surface area contributed by atoms with Gasteiger partial charge in [0.05, 0.1) is 12.3 Å². The molecule has 5 heteroatoms. The van der Waals surface area contributed by atoms with Crippen LogP contribution in [0.4, 0.5) is 4.79 Å². The average Bonchev–Trinajstić information content (AvgIpc) is 2.89. The third-order valence-electron chi connectivity index (χ3n) is 3.78. The van der Waals surface area contributed by atoms with Crippen molar-refractivity contribution in [2.75, 3.05) is 19.6 Å². The zero-order chi connectivity index (χ0) is 15.6. The Morgan fingerprint density at radius 1 is 1.43 bits per heavy atom. The van der Waals surface area contributed by atoms with Crippen LogP contribution in [0.15, 0.2) is 22.8 Å². The van der Waals surface area contributed by atoms with Gasteiger partial charge in [-0.25, -0.2) is 4.79 Å². The van der Waals surface area contributed by atoms with Crippen LogP contribution in [-0.4, -0.2) is 47.2 Å². The van der Waals surface area contributed by atoms with Gasteiger partial charge in [0.1, 0.15) is 11.4 Å². The Morgan fingerprint density at radius 3 is 2.67 bits per heavy atom. The first kappa shape index (κ1) is 15.9. The molecule has 0 spiro atoms. The number of nitrogens with zero attached hydrogens (tertiary/aromatic N) is 2. The fraction of sp³-hybridized carbons (Fsp3) is 0.688. The van der Waals surface area contributed by atoms with E-state index in [9.17, 15) is 4.79 Å². The molecule has 1 aromatic heterocycles. The summed E-state index contributed by atoms with van der Waals surface area (Å²) in [5.74, 6) is 0.965. The maximum atomic E-state index is 12.1. The minimum absolute atomic E-state index is 0.218. The van der Waals surface area contributed by atoms with E-state index < -0.39 is 5.60 Å². The van der Waals surface area contributed by atoms with Crippen molar-refractivity contribution in [2.45, 2.75) is 52.3 Å².